The number of hydrogen-bond donors (Lipinski definition) is 0. The summed E-state index contributed by atoms with van der Waals surface area (Å²) in [6.45, 7) is 59.6. The first-order valence-corrected chi connectivity index (χ1v) is 29.9. The average Bonchev–Trinajstić information content (AvgIpc) is 4.16. The Kier molecular flexibility index (Phi) is 35.4. The third kappa shape index (κ3) is 27.9. The second-order valence-electron chi connectivity index (χ2n) is 24.7. The molecule has 0 aromatic heterocycles. The van der Waals surface area contributed by atoms with Crippen molar-refractivity contribution in [2.45, 2.75) is 302 Å². The van der Waals surface area contributed by atoms with Gasteiger partial charge in [-0.05, 0) is 255 Å². The Bertz CT molecular complexity index is 1140. The zero-order chi connectivity index (χ0) is 50.5. The van der Waals surface area contributed by atoms with Gasteiger partial charge in [0.25, 0.3) is 0 Å². The molecule has 67 heavy (non-hydrogen) atoms. The van der Waals surface area contributed by atoms with Crippen LogP contribution in [-0.2, 0) is 0 Å². The topological polar surface area (TPSA) is 22.7 Å². The average molecular weight is 947 g/mol. The van der Waals surface area contributed by atoms with E-state index in [1.165, 1.54) is 194 Å². The fraction of sp³-hybridized carbons (Fsp3) is 1.00. The van der Waals surface area contributed by atoms with Crippen molar-refractivity contribution < 1.29 is 0 Å². The normalized spacial score (nSPS) is 29.2. The summed E-state index contributed by atoms with van der Waals surface area (Å²) in [5, 5.41) is 0. The van der Waals surface area contributed by atoms with Crippen LogP contribution < -0.4 is 0 Å². The molecule has 0 aliphatic carbocycles. The minimum absolute atomic E-state index is 0.471. The Balaban J connectivity index is 0.000000392. The lowest BCUT2D eigenvalue weighted by Crippen LogP contribution is -2.34. The van der Waals surface area contributed by atoms with Gasteiger partial charge in [-0.1, -0.05) is 68.7 Å². The maximum Gasteiger partial charge on any atom is 0.00702 e. The van der Waals surface area contributed by atoms with Crippen molar-refractivity contribution in [1.82, 2.24) is 34.3 Å². The van der Waals surface area contributed by atoms with Gasteiger partial charge in [0.15, 0.2) is 0 Å². The van der Waals surface area contributed by atoms with Gasteiger partial charge in [-0.25, -0.2) is 0 Å². The highest BCUT2D eigenvalue weighted by molar-refractivity contribution is 4.81. The van der Waals surface area contributed by atoms with Crippen LogP contribution in [0.4, 0.5) is 0 Å². The van der Waals surface area contributed by atoms with Crippen LogP contribution in [-0.4, -0.2) is 167 Å². The van der Waals surface area contributed by atoms with Crippen molar-refractivity contribution in [3.8, 4) is 0 Å². The van der Waals surface area contributed by atoms with Gasteiger partial charge in [0, 0.05) is 67.5 Å². The molecule has 8 unspecified atom stereocenters. The van der Waals surface area contributed by atoms with Crippen LogP contribution in [0.25, 0.3) is 0 Å². The number of hydrogen-bond acceptors (Lipinski definition) is 7. The van der Waals surface area contributed by atoms with E-state index >= 15 is 0 Å². The van der Waals surface area contributed by atoms with Crippen molar-refractivity contribution >= 4 is 0 Å². The van der Waals surface area contributed by atoms with Crippen LogP contribution in [0.1, 0.15) is 247 Å². The molecule has 402 valence electrons. The van der Waals surface area contributed by atoms with Crippen LogP contribution >= 0.6 is 0 Å². The second-order valence-corrected chi connectivity index (χ2v) is 24.7. The summed E-state index contributed by atoms with van der Waals surface area (Å²) in [5.74, 6) is 0.834. The lowest BCUT2D eigenvalue weighted by molar-refractivity contribution is 0.186. The molecular formula is C60H127N7. The Morgan fingerprint density at radius 2 is 0.791 bits per heavy atom. The van der Waals surface area contributed by atoms with Crippen molar-refractivity contribution in [2.24, 2.45) is 11.3 Å². The maximum absolute atomic E-state index is 2.62. The van der Waals surface area contributed by atoms with E-state index in [2.05, 4.69) is 166 Å². The summed E-state index contributed by atoms with van der Waals surface area (Å²) < 4.78 is 0. The highest BCUT2D eigenvalue weighted by Crippen LogP contribution is 2.24. The molecule has 0 radical (unpaired) electrons. The first kappa shape index (κ1) is 64.7. The zero-order valence-electron chi connectivity index (χ0n) is 49.6. The van der Waals surface area contributed by atoms with Gasteiger partial charge in [0.05, 0.1) is 0 Å². The summed E-state index contributed by atoms with van der Waals surface area (Å²) >= 11 is 0. The number of likely N-dealkylation sites (tertiary alicyclic amines) is 7. The Morgan fingerprint density at radius 3 is 1.07 bits per heavy atom. The van der Waals surface area contributed by atoms with E-state index in [0.717, 1.165) is 60.3 Å². The second kappa shape index (κ2) is 36.6. The summed E-state index contributed by atoms with van der Waals surface area (Å²) in [5.41, 5.74) is 0.471. The molecule has 7 heteroatoms. The van der Waals surface area contributed by atoms with E-state index in [0.29, 0.717) is 5.41 Å². The number of rotatable bonds is 12. The van der Waals surface area contributed by atoms with Gasteiger partial charge >= 0.3 is 0 Å². The van der Waals surface area contributed by atoms with E-state index in [-0.39, 0.29) is 0 Å². The highest BCUT2D eigenvalue weighted by atomic mass is 15.2. The molecule has 0 saturated carbocycles. The molecule has 0 spiro atoms. The number of unbranched alkanes of at least 4 members (excludes halogenated alkanes) is 1. The minimum atomic E-state index is 0.471. The van der Waals surface area contributed by atoms with Crippen molar-refractivity contribution in [2.75, 3.05) is 78.5 Å². The number of nitrogens with zero attached hydrogens (tertiary/aromatic N) is 7. The molecule has 0 aromatic rings. The van der Waals surface area contributed by atoms with Gasteiger partial charge in [0.2, 0.25) is 0 Å². The van der Waals surface area contributed by atoms with Crippen LogP contribution in [0.3, 0.4) is 0 Å². The third-order valence-electron chi connectivity index (χ3n) is 16.5. The molecule has 0 bridgehead atoms. The molecule has 0 aromatic carbocycles. The molecule has 8 atom stereocenters. The van der Waals surface area contributed by atoms with Crippen LogP contribution in [0.2, 0.25) is 0 Å². The Labute approximate surface area is 424 Å². The SMILES string of the molecule is CC(C)CN1CCCC1C.CC(C)N1CCCC1C.CC1CCCN1CC(C)(C)C.CCC(C)N1CCCC1C.CCCCN1CCCC1C.CCCN1CCCC1C.CCN1CCCC1C. The lowest BCUT2D eigenvalue weighted by Gasteiger charge is -2.29. The van der Waals surface area contributed by atoms with Gasteiger partial charge in [-0.15, -0.1) is 0 Å². The summed E-state index contributed by atoms with van der Waals surface area (Å²) in [6, 6.07) is 7.51. The van der Waals surface area contributed by atoms with Crippen LogP contribution in [0.15, 0.2) is 0 Å². The van der Waals surface area contributed by atoms with E-state index in [9.17, 15) is 0 Å². The smallest absolute Gasteiger partial charge is 0.00702 e. The third-order valence-corrected chi connectivity index (χ3v) is 16.5. The van der Waals surface area contributed by atoms with E-state index in [1.807, 2.05) is 0 Å². The summed E-state index contributed by atoms with van der Waals surface area (Å²) in [6.07, 6.45) is 25.1. The summed E-state index contributed by atoms with van der Waals surface area (Å²) in [4.78, 5) is 18.1. The van der Waals surface area contributed by atoms with E-state index in [4.69, 9.17) is 0 Å². The Morgan fingerprint density at radius 1 is 0.418 bits per heavy atom. The quantitative estimate of drug-likeness (QED) is 0.192. The van der Waals surface area contributed by atoms with Crippen molar-refractivity contribution in [3.63, 3.8) is 0 Å². The maximum atomic E-state index is 2.62. The largest absolute Gasteiger partial charge is 0.301 e. The predicted molar refractivity (Wildman–Crippen MR) is 302 cm³/mol. The van der Waals surface area contributed by atoms with Gasteiger partial charge in [-0.2, -0.15) is 0 Å². The van der Waals surface area contributed by atoms with Crippen molar-refractivity contribution in [3.05, 3.63) is 0 Å². The van der Waals surface area contributed by atoms with Crippen LogP contribution in [0.5, 0.6) is 0 Å². The van der Waals surface area contributed by atoms with Crippen LogP contribution in [0, 0.1) is 11.3 Å². The highest BCUT2D eigenvalue weighted by Gasteiger charge is 2.26. The molecule has 0 amide bonds. The molecule has 7 rings (SSSR count). The molecule has 7 saturated heterocycles. The fourth-order valence-electron chi connectivity index (χ4n) is 11.9. The molecular weight excluding hydrogens is 819 g/mol. The molecule has 7 aliphatic heterocycles. The summed E-state index contributed by atoms with van der Waals surface area (Å²) in [7, 11) is 0. The van der Waals surface area contributed by atoms with Gasteiger partial charge < -0.3 is 24.5 Å². The standard InChI is InChI=1S/C10H21N.3C9H19N.2C8H17N.C7H15N/c1-9-6-5-7-11(9)8-10(2,3)4;1-8(2)7-10-6-4-5-9(10)3;1-4-8(2)10-7-5-6-9(10)3;1-3-4-7-10-8-5-6-9(10)2;1-7(2)9-6-4-5-8(9)3;1-3-6-9-7-4-5-8(9)2;1-3-8-6-4-5-7(8)2/h9H,5-8H2,1-4H3;2*8-9H,4-7H2,1-3H3;9H,3-8H2,1-2H3;7-8H,4-6H2,1-3H3;8H,3-7H2,1-2H3;7H,3-6H2,1-2H3. The molecule has 7 fully saturated rings. The predicted octanol–water partition coefficient (Wildman–Crippen LogP) is 14.4. The van der Waals surface area contributed by atoms with Crippen molar-refractivity contribution in [1.29, 1.82) is 0 Å². The molecule has 7 nitrogen and oxygen atoms in total. The molecule has 7 aliphatic rings. The molecule has 7 heterocycles. The van der Waals surface area contributed by atoms with E-state index in [1.54, 1.807) is 0 Å². The monoisotopic (exact) mass is 946 g/mol. The first-order chi connectivity index (χ1) is 31.7. The van der Waals surface area contributed by atoms with Gasteiger partial charge in [0.1, 0.15) is 0 Å². The first-order valence-electron chi connectivity index (χ1n) is 29.9. The fourth-order valence-corrected chi connectivity index (χ4v) is 11.9. The lowest BCUT2D eigenvalue weighted by atomic mass is 9.96. The Hall–Kier alpha value is -0.280. The zero-order valence-corrected chi connectivity index (χ0v) is 49.6. The molecule has 0 N–H and O–H groups in total. The van der Waals surface area contributed by atoms with Gasteiger partial charge in [-0.3, -0.25) is 9.80 Å². The minimum Gasteiger partial charge on any atom is -0.301 e. The van der Waals surface area contributed by atoms with E-state index < -0.39 is 0 Å².